The minimum Gasteiger partial charge on any atom is -0.337 e. The lowest BCUT2D eigenvalue weighted by Gasteiger charge is -2.19. The zero-order valence-electron chi connectivity index (χ0n) is 13.7. The van der Waals surface area contributed by atoms with Gasteiger partial charge in [-0.05, 0) is 41.9 Å². The molecule has 1 atom stereocenters. The van der Waals surface area contributed by atoms with Gasteiger partial charge >= 0.3 is 0 Å². The van der Waals surface area contributed by atoms with Crippen molar-refractivity contribution in [1.82, 2.24) is 19.8 Å². The maximum Gasteiger partial charge on any atom is 0.276 e. The highest BCUT2D eigenvalue weighted by Gasteiger charge is 2.31. The second kappa shape index (κ2) is 7.28. The van der Waals surface area contributed by atoms with E-state index in [2.05, 4.69) is 23.3 Å². The number of nitrogens with zero attached hydrogens (tertiary/aromatic N) is 4. The molecule has 0 bridgehead atoms. The number of carbonyl (C=O) groups is 1. The summed E-state index contributed by atoms with van der Waals surface area (Å²) in [6, 6.07) is 9.11. The van der Waals surface area contributed by atoms with Gasteiger partial charge in [0.15, 0.2) is 5.11 Å². The van der Waals surface area contributed by atoms with Gasteiger partial charge in [-0.1, -0.05) is 19.1 Å². The molecule has 0 aliphatic carbocycles. The Morgan fingerprint density at radius 3 is 2.76 bits per heavy atom. The first-order chi connectivity index (χ1) is 12.1. The molecule has 6 nitrogen and oxygen atoms in total. The van der Waals surface area contributed by atoms with E-state index >= 15 is 0 Å². The van der Waals surface area contributed by atoms with Gasteiger partial charge in [-0.3, -0.25) is 9.69 Å². The van der Waals surface area contributed by atoms with Crippen molar-refractivity contribution in [2.24, 2.45) is 5.92 Å². The lowest BCUT2D eigenvalue weighted by molar-refractivity contribution is -0.122. The van der Waals surface area contributed by atoms with E-state index in [1.54, 1.807) is 47.8 Å². The highest BCUT2D eigenvalue weighted by Crippen LogP contribution is 2.17. The summed E-state index contributed by atoms with van der Waals surface area (Å²) in [5, 5.41) is 12.2. The van der Waals surface area contributed by atoms with E-state index in [-0.39, 0.29) is 11.8 Å². The molecule has 1 saturated heterocycles. The summed E-state index contributed by atoms with van der Waals surface area (Å²) in [5.41, 5.74) is 1.87. The largest absolute Gasteiger partial charge is 0.337 e. The van der Waals surface area contributed by atoms with E-state index in [1.165, 1.54) is 0 Å². The van der Waals surface area contributed by atoms with Crippen molar-refractivity contribution in [3.8, 4) is 6.07 Å². The molecule has 2 aromatic rings. The molecule has 2 heterocycles. The van der Waals surface area contributed by atoms with E-state index in [0.717, 1.165) is 12.1 Å². The number of nitriles is 1. The van der Waals surface area contributed by atoms with E-state index in [0.29, 0.717) is 22.9 Å². The molecule has 1 aromatic heterocycles. The summed E-state index contributed by atoms with van der Waals surface area (Å²) in [7, 11) is 0. The predicted octanol–water partition coefficient (Wildman–Crippen LogP) is 2.15. The number of aromatic nitrogens is 2. The maximum absolute atomic E-state index is 12.6. The number of amides is 1. The van der Waals surface area contributed by atoms with Gasteiger partial charge in [-0.15, -0.1) is 0 Å². The van der Waals surface area contributed by atoms with Crippen molar-refractivity contribution in [1.29, 1.82) is 5.26 Å². The minimum atomic E-state index is -0.133. The van der Waals surface area contributed by atoms with Crippen LogP contribution in [0.15, 0.2) is 48.7 Å². The van der Waals surface area contributed by atoms with Crippen LogP contribution in [0.3, 0.4) is 0 Å². The zero-order valence-corrected chi connectivity index (χ0v) is 14.5. The Balaban J connectivity index is 1.68. The van der Waals surface area contributed by atoms with Gasteiger partial charge in [0.05, 0.1) is 18.0 Å². The Morgan fingerprint density at radius 2 is 2.12 bits per heavy atom. The van der Waals surface area contributed by atoms with Crippen molar-refractivity contribution < 1.29 is 4.79 Å². The second-order valence-electron chi connectivity index (χ2n) is 6.00. The molecule has 3 rings (SSSR count). The maximum atomic E-state index is 12.6. The molecule has 1 fully saturated rings. The molecule has 1 aromatic carbocycles. The average molecular weight is 351 g/mol. The summed E-state index contributed by atoms with van der Waals surface area (Å²) in [6.45, 7) is 3.37. The van der Waals surface area contributed by atoms with Crippen LogP contribution >= 0.6 is 12.2 Å². The lowest BCUT2D eigenvalue weighted by Crippen LogP contribution is -2.35. The Bertz CT molecular complexity index is 849. The summed E-state index contributed by atoms with van der Waals surface area (Å²) in [5.74, 6) is 0.0963. The van der Waals surface area contributed by atoms with Crippen LogP contribution in [0.25, 0.3) is 6.08 Å². The van der Waals surface area contributed by atoms with E-state index in [1.807, 2.05) is 10.8 Å². The quantitative estimate of drug-likeness (QED) is 0.660. The average Bonchev–Trinajstić information content (AvgIpc) is 3.20. The number of benzene rings is 1. The number of rotatable bonds is 5. The third-order valence-corrected chi connectivity index (χ3v) is 4.21. The van der Waals surface area contributed by atoms with E-state index in [4.69, 9.17) is 17.5 Å². The third kappa shape index (κ3) is 3.92. The molecule has 25 heavy (non-hydrogen) atoms. The van der Waals surface area contributed by atoms with Crippen molar-refractivity contribution in [3.63, 3.8) is 0 Å². The number of nitrogens with one attached hydrogen (secondary N) is 1. The number of carbonyl (C=O) groups excluding carboxylic acids is 1. The summed E-state index contributed by atoms with van der Waals surface area (Å²) in [6.07, 6.45) is 7.14. The number of hydrogen-bond acceptors (Lipinski definition) is 4. The molecule has 0 spiro atoms. The third-order valence-electron chi connectivity index (χ3n) is 3.89. The molecular formula is C18H17N5OS. The Morgan fingerprint density at radius 1 is 1.36 bits per heavy atom. The molecule has 1 amide bonds. The number of imidazole rings is 1. The van der Waals surface area contributed by atoms with Crippen LogP contribution < -0.4 is 5.32 Å². The van der Waals surface area contributed by atoms with Crippen LogP contribution in [0, 0.1) is 17.2 Å². The highest BCUT2D eigenvalue weighted by atomic mass is 32.1. The van der Waals surface area contributed by atoms with Gasteiger partial charge in [0.2, 0.25) is 0 Å². The molecule has 0 unspecified atom stereocenters. The second-order valence-corrected chi connectivity index (χ2v) is 6.39. The smallest absolute Gasteiger partial charge is 0.276 e. The van der Waals surface area contributed by atoms with Gasteiger partial charge in [-0.25, -0.2) is 4.98 Å². The van der Waals surface area contributed by atoms with Crippen molar-refractivity contribution in [2.75, 3.05) is 6.54 Å². The monoisotopic (exact) mass is 351 g/mol. The van der Waals surface area contributed by atoms with Gasteiger partial charge in [-0.2, -0.15) is 5.26 Å². The first kappa shape index (κ1) is 16.9. The van der Waals surface area contributed by atoms with Crippen LogP contribution in [0.4, 0.5) is 0 Å². The van der Waals surface area contributed by atoms with Gasteiger partial charge < -0.3 is 9.88 Å². The van der Waals surface area contributed by atoms with Crippen molar-refractivity contribution >= 4 is 29.3 Å². The summed E-state index contributed by atoms with van der Waals surface area (Å²) >= 11 is 5.31. The fourth-order valence-corrected chi connectivity index (χ4v) is 2.95. The SMILES string of the molecule is C[C@@H](CN1C(=O)/C(=C\c2ccc(C#N)cc2)NC1=S)Cn1ccnc1. The van der Waals surface area contributed by atoms with E-state index < -0.39 is 0 Å². The van der Waals surface area contributed by atoms with Crippen molar-refractivity contribution in [2.45, 2.75) is 13.5 Å². The predicted molar refractivity (Wildman–Crippen MR) is 98.0 cm³/mol. The van der Waals surface area contributed by atoms with Crippen LogP contribution in [0.2, 0.25) is 0 Å². The molecule has 0 saturated carbocycles. The summed E-state index contributed by atoms with van der Waals surface area (Å²) in [4.78, 5) is 18.2. The minimum absolute atomic E-state index is 0.133. The Kier molecular flexibility index (Phi) is 4.91. The standard InChI is InChI=1S/C18H17N5OS/c1-13(10-22-7-6-20-12-22)11-23-17(24)16(21-18(23)25)8-14-2-4-15(9-19)5-3-14/h2-8,12-13H,10-11H2,1H3,(H,21,25)/b16-8+/t13-/m1/s1. The highest BCUT2D eigenvalue weighted by molar-refractivity contribution is 7.80. The first-order valence-electron chi connectivity index (χ1n) is 7.87. The van der Waals surface area contributed by atoms with Crippen molar-refractivity contribution in [3.05, 3.63) is 59.8 Å². The first-order valence-corrected chi connectivity index (χ1v) is 8.28. The molecule has 1 N–H and O–H groups in total. The van der Waals surface area contributed by atoms with Gasteiger partial charge in [0, 0.05) is 25.5 Å². The van der Waals surface area contributed by atoms with Gasteiger partial charge in [0.25, 0.3) is 5.91 Å². The molecule has 126 valence electrons. The van der Waals surface area contributed by atoms with Crippen LogP contribution in [-0.4, -0.2) is 32.0 Å². The Labute approximate surface area is 151 Å². The summed E-state index contributed by atoms with van der Waals surface area (Å²) < 4.78 is 1.98. The van der Waals surface area contributed by atoms with Crippen LogP contribution in [0.5, 0.6) is 0 Å². The molecular weight excluding hydrogens is 334 g/mol. The number of hydrogen-bond donors (Lipinski definition) is 1. The normalized spacial score (nSPS) is 16.8. The fourth-order valence-electron chi connectivity index (χ4n) is 2.68. The molecule has 1 aliphatic heterocycles. The fraction of sp³-hybridized carbons (Fsp3) is 0.222. The topological polar surface area (TPSA) is 74.0 Å². The zero-order chi connectivity index (χ0) is 17.8. The number of thiocarbonyl (C=S) groups is 1. The Hall–Kier alpha value is -2.98. The van der Waals surface area contributed by atoms with Crippen LogP contribution in [-0.2, 0) is 11.3 Å². The van der Waals surface area contributed by atoms with Gasteiger partial charge in [0.1, 0.15) is 5.70 Å². The van der Waals surface area contributed by atoms with E-state index in [9.17, 15) is 4.79 Å². The lowest BCUT2D eigenvalue weighted by atomic mass is 10.1. The van der Waals surface area contributed by atoms with Crippen LogP contribution in [0.1, 0.15) is 18.1 Å². The molecule has 0 radical (unpaired) electrons. The molecule has 7 heteroatoms. The molecule has 1 aliphatic rings.